The molecule has 0 radical (unpaired) electrons. The predicted molar refractivity (Wildman–Crippen MR) is 115 cm³/mol. The zero-order valence-electron chi connectivity index (χ0n) is 16.6. The molecule has 29 heavy (non-hydrogen) atoms. The highest BCUT2D eigenvalue weighted by molar-refractivity contribution is 7.71. The second kappa shape index (κ2) is 8.90. The maximum atomic E-state index is 9.98. The molecule has 1 saturated heterocycles. The largest absolute Gasteiger partial charge is 0.485 e. The van der Waals surface area contributed by atoms with Crippen molar-refractivity contribution in [1.82, 2.24) is 19.2 Å². The average molecular weight is 411 g/mol. The zero-order chi connectivity index (χ0) is 20.2. The van der Waals surface area contributed by atoms with Gasteiger partial charge in [0, 0.05) is 18.8 Å². The minimum Gasteiger partial charge on any atom is -0.485 e. The molecule has 2 aromatic carbocycles. The summed E-state index contributed by atoms with van der Waals surface area (Å²) in [7, 11) is 0. The van der Waals surface area contributed by atoms with Crippen LogP contribution in [0.1, 0.15) is 24.2 Å². The summed E-state index contributed by atoms with van der Waals surface area (Å²) in [6, 6.07) is 17.9. The summed E-state index contributed by atoms with van der Waals surface area (Å²) in [6.45, 7) is 4.49. The molecule has 1 aliphatic heterocycles. The van der Waals surface area contributed by atoms with Crippen LogP contribution in [0.3, 0.4) is 0 Å². The first-order chi connectivity index (χ1) is 14.1. The van der Waals surface area contributed by atoms with E-state index in [1.54, 1.807) is 0 Å². The minimum absolute atomic E-state index is 0.280. The van der Waals surface area contributed by atoms with Gasteiger partial charge < -0.3 is 9.84 Å². The van der Waals surface area contributed by atoms with E-state index in [2.05, 4.69) is 4.90 Å². The number of rotatable bonds is 6. The van der Waals surface area contributed by atoms with Gasteiger partial charge in [-0.05, 0) is 55.7 Å². The Bertz CT molecular complexity index is 1020. The first-order valence-electron chi connectivity index (χ1n) is 9.95. The molecule has 1 fully saturated rings. The Labute approximate surface area is 176 Å². The highest BCUT2D eigenvalue weighted by Gasteiger charge is 2.20. The van der Waals surface area contributed by atoms with Crippen LogP contribution in [0.25, 0.3) is 5.69 Å². The number of aryl methyl sites for hydroxylation is 1. The lowest BCUT2D eigenvalue weighted by atomic mass is 10.1. The molecule has 1 aliphatic rings. The number of aliphatic hydroxyl groups excluding tert-OH is 1. The van der Waals surface area contributed by atoms with Crippen molar-refractivity contribution in [3.8, 4) is 11.4 Å². The Morgan fingerprint density at radius 1 is 1.14 bits per heavy atom. The second-order valence-electron chi connectivity index (χ2n) is 7.44. The topological polar surface area (TPSA) is 55.4 Å². The number of β-amino-alcohol motifs (C(OH)–C–C–N with tert-alkyl or cyclic N) is 1. The lowest BCUT2D eigenvalue weighted by Crippen LogP contribution is -2.39. The molecule has 0 saturated carbocycles. The number of hydrogen-bond donors (Lipinski definition) is 1. The third kappa shape index (κ3) is 4.58. The van der Waals surface area contributed by atoms with Crippen LogP contribution in [0.5, 0.6) is 5.75 Å². The van der Waals surface area contributed by atoms with Gasteiger partial charge in [-0.1, -0.05) is 36.4 Å². The summed E-state index contributed by atoms with van der Waals surface area (Å²) in [5, 5.41) is 14.8. The maximum absolute atomic E-state index is 9.98. The van der Waals surface area contributed by atoms with Gasteiger partial charge in [0.2, 0.25) is 4.77 Å². The minimum atomic E-state index is -0.280. The summed E-state index contributed by atoms with van der Waals surface area (Å²) in [4.78, 5) is 2.19. The van der Waals surface area contributed by atoms with Crippen molar-refractivity contribution in [2.75, 3.05) is 13.1 Å². The van der Waals surface area contributed by atoms with Gasteiger partial charge in [0.15, 0.2) is 5.82 Å². The quantitative estimate of drug-likeness (QED) is 0.628. The van der Waals surface area contributed by atoms with Crippen molar-refractivity contribution in [3.05, 3.63) is 70.8 Å². The van der Waals surface area contributed by atoms with Gasteiger partial charge in [-0.15, -0.1) is 0 Å². The van der Waals surface area contributed by atoms with E-state index in [4.69, 9.17) is 22.1 Å². The first kappa shape index (κ1) is 19.8. The van der Waals surface area contributed by atoms with Gasteiger partial charge in [-0.3, -0.25) is 9.47 Å². The van der Waals surface area contributed by atoms with Gasteiger partial charge in [-0.25, -0.2) is 4.68 Å². The van der Waals surface area contributed by atoms with Crippen LogP contribution in [0, 0.1) is 11.7 Å². The molecule has 0 amide bonds. The van der Waals surface area contributed by atoms with E-state index in [0.29, 0.717) is 24.6 Å². The maximum Gasteiger partial charge on any atom is 0.203 e. The van der Waals surface area contributed by atoms with Gasteiger partial charge in [0.25, 0.3) is 0 Å². The van der Waals surface area contributed by atoms with Crippen molar-refractivity contribution in [2.45, 2.75) is 39.1 Å². The van der Waals surface area contributed by atoms with E-state index in [0.717, 1.165) is 42.2 Å². The van der Waals surface area contributed by atoms with E-state index < -0.39 is 0 Å². The Balaban J connectivity index is 1.63. The van der Waals surface area contributed by atoms with E-state index in [-0.39, 0.29) is 6.10 Å². The third-order valence-corrected chi connectivity index (χ3v) is 5.58. The molecule has 152 valence electrons. The number of aromatic nitrogens is 3. The first-order valence-corrected chi connectivity index (χ1v) is 10.4. The predicted octanol–water partition coefficient (Wildman–Crippen LogP) is 3.70. The number of hydrogen-bond acceptors (Lipinski definition) is 5. The van der Waals surface area contributed by atoms with Gasteiger partial charge in [-0.2, -0.15) is 5.10 Å². The summed E-state index contributed by atoms with van der Waals surface area (Å²) >= 11 is 5.77. The molecule has 2 heterocycles. The van der Waals surface area contributed by atoms with Gasteiger partial charge >= 0.3 is 0 Å². The monoisotopic (exact) mass is 410 g/mol. The molecule has 0 unspecified atom stereocenters. The molecular weight excluding hydrogens is 384 g/mol. The van der Waals surface area contributed by atoms with Gasteiger partial charge in [0.05, 0.1) is 12.8 Å². The zero-order valence-corrected chi connectivity index (χ0v) is 17.4. The lowest BCUT2D eigenvalue weighted by Gasteiger charge is -2.29. The Hall–Kier alpha value is -2.48. The number of aliphatic hydroxyl groups is 1. The number of likely N-dealkylation sites (tertiary alicyclic amines) is 1. The molecular formula is C22H26N4O2S. The number of nitrogens with zero attached hydrogens (tertiary/aromatic N) is 4. The smallest absolute Gasteiger partial charge is 0.203 e. The number of ether oxygens (including phenoxy) is 1. The van der Waals surface area contributed by atoms with Crippen LogP contribution in [0.2, 0.25) is 0 Å². The normalized spacial score (nSPS) is 17.4. The van der Waals surface area contributed by atoms with E-state index >= 15 is 0 Å². The second-order valence-corrected chi connectivity index (χ2v) is 7.80. The van der Waals surface area contributed by atoms with Crippen LogP contribution in [0.15, 0.2) is 54.6 Å². The average Bonchev–Trinajstić information content (AvgIpc) is 3.03. The molecule has 1 aromatic heterocycles. The fourth-order valence-electron chi connectivity index (χ4n) is 3.68. The fraction of sp³-hybridized carbons (Fsp3) is 0.364. The van der Waals surface area contributed by atoms with E-state index in [1.165, 1.54) is 0 Å². The molecule has 3 aromatic rings. The molecule has 1 N–H and O–H groups in total. The van der Waals surface area contributed by atoms with E-state index in [1.807, 2.05) is 70.8 Å². The fourth-order valence-corrected chi connectivity index (χ4v) is 3.99. The summed E-state index contributed by atoms with van der Waals surface area (Å²) in [5.74, 6) is 1.59. The van der Waals surface area contributed by atoms with Crippen LogP contribution < -0.4 is 4.74 Å². The highest BCUT2D eigenvalue weighted by Crippen LogP contribution is 2.20. The van der Waals surface area contributed by atoms with Crippen LogP contribution >= 0.6 is 12.2 Å². The SMILES string of the molecule is Cc1ccccc1OCc1nn(CN2CCC[C@@H](O)C2)c(=S)n1-c1ccccc1. The third-order valence-electron chi connectivity index (χ3n) is 5.19. The Morgan fingerprint density at radius 3 is 2.66 bits per heavy atom. The highest BCUT2D eigenvalue weighted by atomic mass is 32.1. The van der Waals surface area contributed by atoms with E-state index in [9.17, 15) is 5.11 Å². The molecule has 0 aliphatic carbocycles. The molecule has 0 spiro atoms. The molecule has 0 bridgehead atoms. The summed E-state index contributed by atoms with van der Waals surface area (Å²) < 4.78 is 10.5. The summed E-state index contributed by atoms with van der Waals surface area (Å²) in [6.07, 6.45) is 1.56. The van der Waals surface area contributed by atoms with Crippen LogP contribution in [-0.4, -0.2) is 43.5 Å². The number of benzene rings is 2. The Kier molecular flexibility index (Phi) is 6.08. The molecule has 6 nitrogen and oxygen atoms in total. The molecule has 1 atom stereocenters. The number of para-hydroxylation sites is 2. The standard InChI is InChI=1S/C22H26N4O2S/c1-17-8-5-6-12-20(17)28-15-21-23-25(16-24-13-7-11-19(27)14-24)22(29)26(21)18-9-3-2-4-10-18/h2-6,8-10,12,19,27H,7,11,13-16H2,1H3/t19-/m1/s1. The van der Waals surface area contributed by atoms with Crippen LogP contribution in [-0.2, 0) is 13.3 Å². The molecule has 4 rings (SSSR count). The van der Waals surface area contributed by atoms with Crippen molar-refractivity contribution < 1.29 is 9.84 Å². The van der Waals surface area contributed by atoms with Crippen molar-refractivity contribution in [3.63, 3.8) is 0 Å². The van der Waals surface area contributed by atoms with Gasteiger partial charge in [0.1, 0.15) is 12.4 Å². The van der Waals surface area contributed by atoms with Crippen molar-refractivity contribution in [1.29, 1.82) is 0 Å². The Morgan fingerprint density at radius 2 is 1.90 bits per heavy atom. The van der Waals surface area contributed by atoms with Crippen LogP contribution in [0.4, 0.5) is 0 Å². The summed E-state index contributed by atoms with van der Waals surface area (Å²) in [5.41, 5.74) is 2.05. The lowest BCUT2D eigenvalue weighted by molar-refractivity contribution is 0.0511. The molecule has 7 heteroatoms. The van der Waals surface area contributed by atoms with Crippen molar-refractivity contribution in [2.24, 2.45) is 0 Å². The van der Waals surface area contributed by atoms with Crippen molar-refractivity contribution >= 4 is 12.2 Å². The number of piperidine rings is 1.